The Morgan fingerprint density at radius 2 is 2.00 bits per heavy atom. The Morgan fingerprint density at radius 1 is 1.19 bits per heavy atom. The van der Waals surface area contributed by atoms with Gasteiger partial charge in [0.05, 0.1) is 29.0 Å². The maximum absolute atomic E-state index is 4.67. The first-order chi connectivity index (χ1) is 13.1. The van der Waals surface area contributed by atoms with E-state index in [1.165, 1.54) is 6.54 Å². The molecule has 0 aliphatic carbocycles. The van der Waals surface area contributed by atoms with Gasteiger partial charge in [0.2, 0.25) is 0 Å². The molecule has 0 aromatic carbocycles. The third kappa shape index (κ3) is 3.78. The van der Waals surface area contributed by atoms with Crippen LogP contribution >= 0.6 is 0 Å². The van der Waals surface area contributed by atoms with Crippen LogP contribution in [0.15, 0.2) is 30.9 Å². The van der Waals surface area contributed by atoms with Crippen LogP contribution in [0.5, 0.6) is 0 Å². The van der Waals surface area contributed by atoms with Gasteiger partial charge in [-0.3, -0.25) is 4.98 Å². The summed E-state index contributed by atoms with van der Waals surface area (Å²) < 4.78 is 2.09. The van der Waals surface area contributed by atoms with Crippen LogP contribution in [0.25, 0.3) is 11.0 Å². The zero-order chi connectivity index (χ0) is 18.8. The van der Waals surface area contributed by atoms with Gasteiger partial charge in [-0.2, -0.15) is 5.10 Å². The van der Waals surface area contributed by atoms with Gasteiger partial charge in [0.1, 0.15) is 12.1 Å². The quantitative estimate of drug-likeness (QED) is 0.745. The van der Waals surface area contributed by atoms with Crippen molar-refractivity contribution in [2.75, 3.05) is 25.0 Å². The van der Waals surface area contributed by atoms with Crippen molar-refractivity contribution in [3.8, 4) is 0 Å². The molecule has 4 heterocycles. The third-order valence-electron chi connectivity index (χ3n) is 5.18. The maximum atomic E-state index is 4.67. The number of rotatable bonds is 5. The molecule has 3 aromatic rings. The van der Waals surface area contributed by atoms with E-state index < -0.39 is 0 Å². The van der Waals surface area contributed by atoms with Crippen molar-refractivity contribution < 1.29 is 0 Å². The lowest BCUT2D eigenvalue weighted by atomic mass is 10.0. The molecule has 7 heteroatoms. The van der Waals surface area contributed by atoms with E-state index in [0.717, 1.165) is 54.2 Å². The monoisotopic (exact) mass is 365 g/mol. The molecule has 1 fully saturated rings. The van der Waals surface area contributed by atoms with Gasteiger partial charge in [0.15, 0.2) is 5.65 Å². The normalized spacial score (nSPS) is 16.3. The Kier molecular flexibility index (Phi) is 5.03. The predicted molar refractivity (Wildman–Crippen MR) is 107 cm³/mol. The van der Waals surface area contributed by atoms with Gasteiger partial charge in [-0.1, -0.05) is 13.8 Å². The molecule has 0 bridgehead atoms. The second kappa shape index (κ2) is 7.60. The van der Waals surface area contributed by atoms with Gasteiger partial charge >= 0.3 is 0 Å². The first-order valence-electron chi connectivity index (χ1n) is 9.71. The number of pyridine rings is 1. The molecular formula is C20H27N7. The molecule has 3 aromatic heterocycles. The van der Waals surface area contributed by atoms with E-state index >= 15 is 0 Å². The minimum Gasteiger partial charge on any atom is -0.338 e. The number of nitrogens with zero attached hydrogens (tertiary/aromatic N) is 6. The Labute approximate surface area is 159 Å². The number of anilines is 2. The second-order valence-corrected chi connectivity index (χ2v) is 7.74. The number of aryl methyl sites for hydroxylation is 1. The average molecular weight is 365 g/mol. The minimum atomic E-state index is 0.397. The zero-order valence-electron chi connectivity index (χ0n) is 16.3. The molecule has 7 nitrogen and oxygen atoms in total. The molecule has 0 atom stereocenters. The fourth-order valence-corrected chi connectivity index (χ4v) is 3.84. The molecule has 1 aliphatic heterocycles. The highest BCUT2D eigenvalue weighted by Gasteiger charge is 2.24. The second-order valence-electron chi connectivity index (χ2n) is 7.74. The number of aromatic nitrogens is 5. The summed E-state index contributed by atoms with van der Waals surface area (Å²) in [6, 6.07) is 4.32. The van der Waals surface area contributed by atoms with Crippen LogP contribution in [-0.2, 0) is 0 Å². The number of fused-ring (bicyclic) bond motifs is 1. The number of hydrogen-bond donors (Lipinski definition) is 1. The molecule has 1 aliphatic rings. The average Bonchev–Trinajstić information content (AvgIpc) is 3.09. The van der Waals surface area contributed by atoms with E-state index in [2.05, 4.69) is 48.8 Å². The summed E-state index contributed by atoms with van der Waals surface area (Å²) in [7, 11) is 0. The van der Waals surface area contributed by atoms with Gasteiger partial charge in [0.25, 0.3) is 0 Å². The summed E-state index contributed by atoms with van der Waals surface area (Å²) in [5.74, 6) is 1.49. The topological polar surface area (TPSA) is 71.8 Å². The lowest BCUT2D eigenvalue weighted by Crippen LogP contribution is -2.37. The van der Waals surface area contributed by atoms with Crippen LogP contribution in [0.3, 0.4) is 0 Å². The molecule has 1 N–H and O–H groups in total. The predicted octanol–water partition coefficient (Wildman–Crippen LogP) is 3.57. The van der Waals surface area contributed by atoms with Gasteiger partial charge in [-0.15, -0.1) is 0 Å². The summed E-state index contributed by atoms with van der Waals surface area (Å²) >= 11 is 0. The van der Waals surface area contributed by atoms with Crippen molar-refractivity contribution >= 4 is 22.5 Å². The summed E-state index contributed by atoms with van der Waals surface area (Å²) in [5, 5.41) is 9.00. The molecule has 27 heavy (non-hydrogen) atoms. The van der Waals surface area contributed by atoms with Gasteiger partial charge < -0.3 is 10.2 Å². The largest absolute Gasteiger partial charge is 0.338 e. The van der Waals surface area contributed by atoms with E-state index in [0.29, 0.717) is 12.0 Å². The van der Waals surface area contributed by atoms with Gasteiger partial charge in [-0.05, 0) is 37.8 Å². The smallest absolute Gasteiger partial charge is 0.163 e. The molecular weight excluding hydrogens is 338 g/mol. The lowest BCUT2D eigenvalue weighted by molar-refractivity contribution is 0.166. The fraction of sp³-hybridized carbons (Fsp3) is 0.500. The maximum Gasteiger partial charge on any atom is 0.163 e. The van der Waals surface area contributed by atoms with Crippen molar-refractivity contribution in [3.63, 3.8) is 0 Å². The van der Waals surface area contributed by atoms with Crippen molar-refractivity contribution in [1.29, 1.82) is 0 Å². The summed E-state index contributed by atoms with van der Waals surface area (Å²) in [5.41, 5.74) is 2.79. The molecule has 0 spiro atoms. The highest BCUT2D eigenvalue weighted by molar-refractivity contribution is 5.88. The lowest BCUT2D eigenvalue weighted by Gasteiger charge is -2.33. The van der Waals surface area contributed by atoms with Crippen molar-refractivity contribution in [2.45, 2.75) is 39.7 Å². The first kappa shape index (κ1) is 17.9. The number of nitrogens with one attached hydrogen (secondary N) is 1. The van der Waals surface area contributed by atoms with Gasteiger partial charge in [-0.25, -0.2) is 14.6 Å². The van der Waals surface area contributed by atoms with Crippen molar-refractivity contribution in [3.05, 3.63) is 36.5 Å². The van der Waals surface area contributed by atoms with E-state index in [9.17, 15) is 0 Å². The van der Waals surface area contributed by atoms with Crippen molar-refractivity contribution in [1.82, 2.24) is 29.6 Å². The standard InChI is InChI=1S/C20H27N7/c1-14(2)12-26-9-6-16(7-10-26)27-20-17(11-24-27)19(22-13-23-20)25-18-5-4-8-21-15(18)3/h4-5,8,11,13-14,16H,6-7,9-10,12H2,1-3H3,(H,22,23,25). The molecule has 142 valence electrons. The van der Waals surface area contributed by atoms with Crippen LogP contribution in [-0.4, -0.2) is 49.3 Å². The van der Waals surface area contributed by atoms with Gasteiger partial charge in [0, 0.05) is 25.8 Å². The van der Waals surface area contributed by atoms with E-state index in [1.54, 1.807) is 12.5 Å². The highest BCUT2D eigenvalue weighted by atomic mass is 15.3. The number of piperidine rings is 1. The molecule has 0 radical (unpaired) electrons. The summed E-state index contributed by atoms with van der Waals surface area (Å²) in [6.07, 6.45) is 7.50. The molecule has 0 amide bonds. The molecule has 0 unspecified atom stereocenters. The first-order valence-corrected chi connectivity index (χ1v) is 9.71. The molecule has 4 rings (SSSR count). The van der Waals surface area contributed by atoms with E-state index in [-0.39, 0.29) is 0 Å². The zero-order valence-corrected chi connectivity index (χ0v) is 16.3. The van der Waals surface area contributed by atoms with Crippen LogP contribution in [0.2, 0.25) is 0 Å². The molecule has 1 saturated heterocycles. The van der Waals surface area contributed by atoms with E-state index in [4.69, 9.17) is 0 Å². The Hall–Kier alpha value is -2.54. The van der Waals surface area contributed by atoms with E-state index in [1.807, 2.05) is 25.3 Å². The Morgan fingerprint density at radius 3 is 2.74 bits per heavy atom. The summed E-state index contributed by atoms with van der Waals surface area (Å²) in [6.45, 7) is 9.96. The third-order valence-corrected chi connectivity index (χ3v) is 5.18. The van der Waals surface area contributed by atoms with Crippen LogP contribution in [0, 0.1) is 12.8 Å². The van der Waals surface area contributed by atoms with Crippen LogP contribution in [0.1, 0.15) is 38.4 Å². The molecule has 0 saturated carbocycles. The Balaban J connectivity index is 1.55. The minimum absolute atomic E-state index is 0.397. The number of hydrogen-bond acceptors (Lipinski definition) is 6. The summed E-state index contributed by atoms with van der Waals surface area (Å²) in [4.78, 5) is 15.8. The SMILES string of the molecule is Cc1ncccc1Nc1ncnc2c1cnn2C1CCN(CC(C)C)CC1. The fourth-order valence-electron chi connectivity index (χ4n) is 3.84. The Bertz CT molecular complexity index is 910. The number of likely N-dealkylation sites (tertiary alicyclic amines) is 1. The van der Waals surface area contributed by atoms with Crippen molar-refractivity contribution in [2.24, 2.45) is 5.92 Å². The van der Waals surface area contributed by atoms with Crippen LogP contribution < -0.4 is 5.32 Å². The van der Waals surface area contributed by atoms with Crippen LogP contribution in [0.4, 0.5) is 11.5 Å². The highest BCUT2D eigenvalue weighted by Crippen LogP contribution is 2.29.